The van der Waals surface area contributed by atoms with Crippen LogP contribution in [0.25, 0.3) is 11.1 Å². The third-order valence-corrected chi connectivity index (χ3v) is 5.70. The Hall–Kier alpha value is -4.16. The van der Waals surface area contributed by atoms with Crippen LogP contribution in [-0.2, 0) is 20.5 Å². The van der Waals surface area contributed by atoms with Crippen molar-refractivity contribution in [1.82, 2.24) is 29.9 Å². The highest BCUT2D eigenvalue weighted by Crippen LogP contribution is 2.20. The molecule has 0 bridgehead atoms. The van der Waals surface area contributed by atoms with Crippen LogP contribution in [0.2, 0.25) is 0 Å². The van der Waals surface area contributed by atoms with E-state index < -0.39 is 0 Å². The largest absolute Gasteiger partial charge is 0.381 e. The van der Waals surface area contributed by atoms with Crippen LogP contribution >= 0.6 is 0 Å². The molecule has 4 rings (SSSR count). The molecule has 0 aliphatic heterocycles. The number of H-pyrrole nitrogens is 1. The number of benzene rings is 1. The molecule has 4 aromatic rings. The highest BCUT2D eigenvalue weighted by atomic mass is 16.1. The van der Waals surface area contributed by atoms with Gasteiger partial charge in [-0.1, -0.05) is 12.1 Å². The number of aryl methyl sites for hydroxylation is 2. The van der Waals surface area contributed by atoms with Gasteiger partial charge in [-0.15, -0.1) is 0 Å². The molecular formula is C25H28N8O. The van der Waals surface area contributed by atoms with Gasteiger partial charge in [-0.2, -0.15) is 15.5 Å². The summed E-state index contributed by atoms with van der Waals surface area (Å²) < 4.78 is 3.52. The minimum absolute atomic E-state index is 0.0835. The number of rotatable bonds is 10. The van der Waals surface area contributed by atoms with Gasteiger partial charge in [0.05, 0.1) is 24.0 Å². The lowest BCUT2D eigenvalue weighted by Gasteiger charge is -2.18. The second-order valence-electron chi connectivity index (χ2n) is 8.26. The van der Waals surface area contributed by atoms with Crippen LogP contribution < -0.4 is 16.2 Å². The van der Waals surface area contributed by atoms with Gasteiger partial charge in [0.25, 0.3) is 5.56 Å². The average Bonchev–Trinajstić information content (AvgIpc) is 3.48. The van der Waals surface area contributed by atoms with E-state index in [1.807, 2.05) is 63.0 Å². The number of nitrogens with zero attached hydrogens (tertiary/aromatic N) is 5. The fraction of sp³-hybridized carbons (Fsp3) is 0.280. The lowest BCUT2D eigenvalue weighted by molar-refractivity contribution is 0.513. The molecule has 1 aromatic carbocycles. The van der Waals surface area contributed by atoms with E-state index in [9.17, 15) is 4.79 Å². The molecule has 3 aromatic heterocycles. The van der Waals surface area contributed by atoms with Crippen LogP contribution in [0.4, 0.5) is 5.69 Å². The first kappa shape index (κ1) is 23.0. The van der Waals surface area contributed by atoms with Crippen LogP contribution in [0.1, 0.15) is 29.2 Å². The first-order valence-corrected chi connectivity index (χ1v) is 11.2. The van der Waals surface area contributed by atoms with Gasteiger partial charge in [-0.3, -0.25) is 14.2 Å². The molecule has 1 unspecified atom stereocenters. The van der Waals surface area contributed by atoms with Crippen LogP contribution in [0.3, 0.4) is 0 Å². The molecule has 0 aliphatic rings. The summed E-state index contributed by atoms with van der Waals surface area (Å²) in [4.78, 5) is 15.1. The maximum absolute atomic E-state index is 12.3. The van der Waals surface area contributed by atoms with Gasteiger partial charge in [0, 0.05) is 62.0 Å². The second kappa shape index (κ2) is 10.6. The van der Waals surface area contributed by atoms with E-state index in [4.69, 9.17) is 5.26 Å². The molecule has 9 heteroatoms. The predicted molar refractivity (Wildman–Crippen MR) is 131 cm³/mol. The first-order valence-electron chi connectivity index (χ1n) is 11.2. The zero-order valence-electron chi connectivity index (χ0n) is 19.3. The van der Waals surface area contributed by atoms with Gasteiger partial charge < -0.3 is 15.6 Å². The van der Waals surface area contributed by atoms with E-state index in [0.29, 0.717) is 17.8 Å². The molecule has 0 aliphatic carbocycles. The Kier molecular flexibility index (Phi) is 7.20. The number of aromatic amines is 1. The van der Waals surface area contributed by atoms with Crippen molar-refractivity contribution in [2.24, 2.45) is 14.1 Å². The summed E-state index contributed by atoms with van der Waals surface area (Å²) >= 11 is 0. The van der Waals surface area contributed by atoms with E-state index in [0.717, 1.165) is 36.1 Å². The minimum atomic E-state index is -0.153. The molecule has 3 heterocycles. The van der Waals surface area contributed by atoms with Gasteiger partial charge in [-0.05, 0) is 43.1 Å². The smallest absolute Gasteiger partial charge is 0.271 e. The van der Waals surface area contributed by atoms with Crippen molar-refractivity contribution in [3.63, 3.8) is 0 Å². The van der Waals surface area contributed by atoms with E-state index in [-0.39, 0.29) is 11.6 Å². The summed E-state index contributed by atoms with van der Waals surface area (Å²) in [6, 6.07) is 11.7. The summed E-state index contributed by atoms with van der Waals surface area (Å²) in [5.74, 6) is 0. The van der Waals surface area contributed by atoms with Crippen molar-refractivity contribution in [1.29, 1.82) is 5.26 Å². The van der Waals surface area contributed by atoms with E-state index in [1.54, 1.807) is 21.8 Å². The van der Waals surface area contributed by atoms with E-state index in [2.05, 4.69) is 31.9 Å². The highest BCUT2D eigenvalue weighted by molar-refractivity contribution is 5.65. The SMILES string of the molecule is Cn1cc(-c2c[nH]c(=O)c(NCCC(NCCc3ccc(C#N)cc3)c3cnn(C)c3)c2)cn1. The van der Waals surface area contributed by atoms with Crippen molar-refractivity contribution < 1.29 is 0 Å². The van der Waals surface area contributed by atoms with Crippen LogP contribution in [0, 0.1) is 11.3 Å². The van der Waals surface area contributed by atoms with Crippen LogP contribution in [0.5, 0.6) is 0 Å². The Morgan fingerprint density at radius 2 is 1.82 bits per heavy atom. The molecular weight excluding hydrogens is 428 g/mol. The number of nitrogens with one attached hydrogen (secondary N) is 3. The number of hydrogen-bond acceptors (Lipinski definition) is 6. The zero-order valence-corrected chi connectivity index (χ0v) is 19.3. The van der Waals surface area contributed by atoms with Crippen LogP contribution in [-0.4, -0.2) is 37.6 Å². The monoisotopic (exact) mass is 456 g/mol. The zero-order chi connectivity index (χ0) is 23.9. The van der Waals surface area contributed by atoms with E-state index >= 15 is 0 Å². The Labute approximate surface area is 198 Å². The highest BCUT2D eigenvalue weighted by Gasteiger charge is 2.13. The molecule has 0 amide bonds. The third kappa shape index (κ3) is 5.79. The van der Waals surface area contributed by atoms with E-state index in [1.165, 1.54) is 5.56 Å². The van der Waals surface area contributed by atoms with Gasteiger partial charge in [-0.25, -0.2) is 0 Å². The fourth-order valence-corrected chi connectivity index (χ4v) is 3.85. The molecule has 3 N–H and O–H groups in total. The molecule has 9 nitrogen and oxygen atoms in total. The third-order valence-electron chi connectivity index (χ3n) is 5.70. The van der Waals surface area contributed by atoms with Crippen molar-refractivity contribution in [3.05, 3.63) is 88.4 Å². The number of nitriles is 1. The minimum Gasteiger partial charge on any atom is -0.381 e. The van der Waals surface area contributed by atoms with Gasteiger partial charge in [0.1, 0.15) is 5.69 Å². The Bertz CT molecular complexity index is 1330. The molecule has 0 saturated heterocycles. The quantitative estimate of drug-likeness (QED) is 0.338. The Balaban J connectivity index is 1.38. The van der Waals surface area contributed by atoms with Crippen LogP contribution in [0.15, 0.2) is 66.1 Å². The maximum atomic E-state index is 12.3. The number of aromatic nitrogens is 5. The maximum Gasteiger partial charge on any atom is 0.271 e. The predicted octanol–water partition coefficient (Wildman–Crippen LogP) is 2.76. The first-order chi connectivity index (χ1) is 16.5. The Morgan fingerprint density at radius 1 is 1.06 bits per heavy atom. The number of hydrogen-bond donors (Lipinski definition) is 3. The molecule has 0 fully saturated rings. The van der Waals surface area contributed by atoms with Crippen molar-refractivity contribution >= 4 is 5.69 Å². The molecule has 174 valence electrons. The Morgan fingerprint density at radius 3 is 2.50 bits per heavy atom. The summed E-state index contributed by atoms with van der Waals surface area (Å²) in [5, 5.41) is 24.4. The normalized spacial score (nSPS) is 11.8. The summed E-state index contributed by atoms with van der Waals surface area (Å²) in [7, 11) is 3.76. The van der Waals surface area contributed by atoms with Gasteiger partial charge >= 0.3 is 0 Å². The summed E-state index contributed by atoms with van der Waals surface area (Å²) in [5.41, 5.74) is 5.16. The number of anilines is 1. The molecule has 0 spiro atoms. The van der Waals surface area contributed by atoms with Gasteiger partial charge in [0.2, 0.25) is 0 Å². The molecule has 0 radical (unpaired) electrons. The fourth-order valence-electron chi connectivity index (χ4n) is 3.85. The molecule has 1 atom stereocenters. The molecule has 34 heavy (non-hydrogen) atoms. The van der Waals surface area contributed by atoms with Gasteiger partial charge in [0.15, 0.2) is 0 Å². The van der Waals surface area contributed by atoms with Crippen molar-refractivity contribution in [3.8, 4) is 17.2 Å². The summed E-state index contributed by atoms with van der Waals surface area (Å²) in [6.07, 6.45) is 10.9. The second-order valence-corrected chi connectivity index (χ2v) is 8.26. The topological polar surface area (TPSA) is 116 Å². The standard InChI is InChI=1S/C25H28N8O/c1-32-16-21(14-30-32)20-11-24(25(34)29-13-20)28-10-8-23(22-15-31-33(2)17-22)27-9-7-18-3-5-19(12-26)6-4-18/h3-6,11,13-17,23,27-28H,7-10H2,1-2H3,(H,29,34). The number of pyridine rings is 1. The van der Waals surface area contributed by atoms with Crippen molar-refractivity contribution in [2.45, 2.75) is 18.9 Å². The molecule has 0 saturated carbocycles. The lowest BCUT2D eigenvalue weighted by Crippen LogP contribution is -2.26. The average molecular weight is 457 g/mol. The summed E-state index contributed by atoms with van der Waals surface area (Å²) in [6.45, 7) is 1.39. The van der Waals surface area contributed by atoms with Crippen molar-refractivity contribution in [2.75, 3.05) is 18.4 Å². The lowest BCUT2D eigenvalue weighted by atomic mass is 10.1.